The summed E-state index contributed by atoms with van der Waals surface area (Å²) in [6.45, 7) is 0.773. The fourth-order valence-electron chi connectivity index (χ4n) is 5.82. The summed E-state index contributed by atoms with van der Waals surface area (Å²) >= 11 is 1.78. The van der Waals surface area contributed by atoms with Crippen LogP contribution in [0.25, 0.3) is 11.1 Å². The predicted octanol–water partition coefficient (Wildman–Crippen LogP) is 6.22. The van der Waals surface area contributed by atoms with Gasteiger partial charge in [-0.3, -0.25) is 0 Å². The van der Waals surface area contributed by atoms with Crippen LogP contribution in [0.4, 0.5) is 4.79 Å². The maximum absolute atomic E-state index is 13.5. The van der Waals surface area contributed by atoms with Crippen molar-refractivity contribution in [1.29, 1.82) is 0 Å². The van der Waals surface area contributed by atoms with Crippen LogP contribution in [-0.4, -0.2) is 30.2 Å². The number of benzene rings is 2. The Bertz CT molecular complexity index is 1190. The molecule has 2 heterocycles. The van der Waals surface area contributed by atoms with Crippen molar-refractivity contribution in [2.75, 3.05) is 13.7 Å². The first-order valence-corrected chi connectivity index (χ1v) is 12.3. The summed E-state index contributed by atoms with van der Waals surface area (Å²) in [6, 6.07) is 18.7. The molecule has 2 saturated carbocycles. The molecule has 0 radical (unpaired) electrons. The van der Waals surface area contributed by atoms with E-state index in [2.05, 4.69) is 35.7 Å². The number of rotatable bonds is 3. The highest BCUT2D eigenvalue weighted by molar-refractivity contribution is 7.10. The molecule has 7 rings (SSSR count). The number of ether oxygens (including phenoxy) is 2. The monoisotopic (exact) mass is 443 g/mol. The SMILES string of the molecule is CN(C(=O)OC1c2ccccc2-c2ccccc21)C1(C2OCC3(CC3)c3ccsc32)CC1. The third kappa shape index (κ3) is 2.49. The van der Waals surface area contributed by atoms with Crippen molar-refractivity contribution in [3.8, 4) is 11.1 Å². The van der Waals surface area contributed by atoms with Crippen molar-refractivity contribution < 1.29 is 14.3 Å². The quantitative estimate of drug-likeness (QED) is 0.482. The van der Waals surface area contributed by atoms with E-state index in [0.717, 1.165) is 41.7 Å². The molecule has 2 aromatic carbocycles. The second-order valence-electron chi connectivity index (χ2n) is 9.77. The van der Waals surface area contributed by atoms with Gasteiger partial charge in [0.05, 0.1) is 12.1 Å². The van der Waals surface area contributed by atoms with Gasteiger partial charge in [-0.15, -0.1) is 11.3 Å². The third-order valence-corrected chi connectivity index (χ3v) is 9.03. The molecular weight excluding hydrogens is 418 g/mol. The molecule has 2 fully saturated rings. The van der Waals surface area contributed by atoms with Crippen molar-refractivity contribution in [3.05, 3.63) is 81.5 Å². The van der Waals surface area contributed by atoms with E-state index >= 15 is 0 Å². The number of amides is 1. The molecule has 1 aliphatic heterocycles. The van der Waals surface area contributed by atoms with Crippen LogP contribution in [0.2, 0.25) is 0 Å². The molecule has 162 valence electrons. The summed E-state index contributed by atoms with van der Waals surface area (Å²) in [6.07, 6.45) is 3.64. The molecule has 4 nitrogen and oxygen atoms in total. The lowest BCUT2D eigenvalue weighted by atomic mass is 9.90. The van der Waals surface area contributed by atoms with E-state index < -0.39 is 0 Å². The molecule has 1 unspecified atom stereocenters. The molecule has 32 heavy (non-hydrogen) atoms. The Balaban J connectivity index is 1.18. The molecule has 3 aliphatic carbocycles. The lowest BCUT2D eigenvalue weighted by Gasteiger charge is -2.39. The highest BCUT2D eigenvalue weighted by Crippen LogP contribution is 2.62. The zero-order valence-corrected chi connectivity index (χ0v) is 18.9. The fraction of sp³-hybridized carbons (Fsp3) is 0.370. The van der Waals surface area contributed by atoms with Crippen LogP contribution in [0.15, 0.2) is 60.0 Å². The summed E-state index contributed by atoms with van der Waals surface area (Å²) in [4.78, 5) is 16.6. The number of nitrogens with zero attached hydrogens (tertiary/aromatic N) is 1. The van der Waals surface area contributed by atoms with E-state index in [4.69, 9.17) is 9.47 Å². The Kier molecular flexibility index (Phi) is 3.81. The molecule has 0 bridgehead atoms. The predicted molar refractivity (Wildman–Crippen MR) is 124 cm³/mol. The second kappa shape index (κ2) is 6.46. The van der Waals surface area contributed by atoms with Crippen LogP contribution >= 0.6 is 11.3 Å². The maximum atomic E-state index is 13.5. The zero-order valence-electron chi connectivity index (χ0n) is 18.0. The van der Waals surface area contributed by atoms with Gasteiger partial charge in [-0.05, 0) is 53.8 Å². The first-order chi connectivity index (χ1) is 15.6. The molecule has 3 aromatic rings. The summed E-state index contributed by atoms with van der Waals surface area (Å²) < 4.78 is 12.7. The average molecular weight is 444 g/mol. The molecule has 4 aliphatic rings. The van der Waals surface area contributed by atoms with Crippen LogP contribution in [-0.2, 0) is 14.9 Å². The first kappa shape index (κ1) is 18.9. The number of carbonyl (C=O) groups excluding carboxylic acids is 1. The summed E-state index contributed by atoms with van der Waals surface area (Å²) in [5, 5.41) is 2.19. The van der Waals surface area contributed by atoms with Gasteiger partial charge in [0.15, 0.2) is 6.10 Å². The Morgan fingerprint density at radius 1 is 1.00 bits per heavy atom. The van der Waals surface area contributed by atoms with E-state index in [9.17, 15) is 4.79 Å². The van der Waals surface area contributed by atoms with Crippen LogP contribution in [0.3, 0.4) is 0 Å². The zero-order chi connectivity index (χ0) is 21.5. The smallest absolute Gasteiger partial charge is 0.411 e. The van der Waals surface area contributed by atoms with Gasteiger partial charge < -0.3 is 14.4 Å². The average Bonchev–Trinajstić information content (AvgIpc) is 3.72. The number of fused-ring (bicyclic) bond motifs is 5. The van der Waals surface area contributed by atoms with Gasteiger partial charge >= 0.3 is 6.09 Å². The van der Waals surface area contributed by atoms with E-state index in [1.54, 1.807) is 11.3 Å². The molecule has 1 aromatic heterocycles. The maximum Gasteiger partial charge on any atom is 0.411 e. The van der Waals surface area contributed by atoms with Gasteiger partial charge in [0.2, 0.25) is 0 Å². The molecular formula is C27H25NO3S. The van der Waals surface area contributed by atoms with Crippen molar-refractivity contribution in [3.63, 3.8) is 0 Å². The van der Waals surface area contributed by atoms with E-state index in [-0.39, 0.29) is 29.3 Å². The van der Waals surface area contributed by atoms with E-state index in [0.29, 0.717) is 0 Å². The number of hydrogen-bond donors (Lipinski definition) is 0. The van der Waals surface area contributed by atoms with Crippen molar-refractivity contribution in [1.82, 2.24) is 4.90 Å². The van der Waals surface area contributed by atoms with Gasteiger partial charge in [-0.1, -0.05) is 48.5 Å². The van der Waals surface area contributed by atoms with Gasteiger partial charge in [-0.25, -0.2) is 4.79 Å². The molecule has 1 amide bonds. The van der Waals surface area contributed by atoms with Crippen molar-refractivity contribution in [2.24, 2.45) is 0 Å². The van der Waals surface area contributed by atoms with Crippen LogP contribution in [0.1, 0.15) is 59.5 Å². The van der Waals surface area contributed by atoms with Crippen molar-refractivity contribution in [2.45, 2.75) is 48.8 Å². The number of carbonyl (C=O) groups is 1. The second-order valence-corrected chi connectivity index (χ2v) is 10.7. The normalized spacial score (nSPS) is 23.2. The largest absolute Gasteiger partial charge is 0.436 e. The minimum absolute atomic E-state index is 0.0515. The Morgan fingerprint density at radius 3 is 2.28 bits per heavy atom. The topological polar surface area (TPSA) is 38.8 Å². The molecule has 1 spiro atoms. The standard InChI is InChI=1S/C27H25NO3S/c1-28(27(13-14-27)24-23-21(10-15-32-23)26(11-12-26)16-30-24)25(29)31-22-19-8-4-2-6-17(19)18-7-3-5-9-20(18)22/h2-10,15,22,24H,11-14,16H2,1H3. The van der Waals surface area contributed by atoms with Crippen LogP contribution in [0, 0.1) is 0 Å². The van der Waals surface area contributed by atoms with E-state index in [1.165, 1.54) is 23.3 Å². The van der Waals surface area contributed by atoms with Gasteiger partial charge in [0, 0.05) is 28.5 Å². The van der Waals surface area contributed by atoms with Crippen LogP contribution in [0.5, 0.6) is 0 Å². The number of hydrogen-bond acceptors (Lipinski definition) is 4. The van der Waals surface area contributed by atoms with Crippen LogP contribution < -0.4 is 0 Å². The van der Waals surface area contributed by atoms with Crippen molar-refractivity contribution >= 4 is 17.4 Å². The first-order valence-electron chi connectivity index (χ1n) is 11.5. The van der Waals surface area contributed by atoms with Gasteiger partial charge in [0.1, 0.15) is 6.10 Å². The third-order valence-electron chi connectivity index (χ3n) is 8.07. The van der Waals surface area contributed by atoms with E-state index in [1.807, 2.05) is 36.2 Å². The molecule has 0 N–H and O–H groups in total. The highest BCUT2D eigenvalue weighted by Gasteiger charge is 2.61. The summed E-state index contributed by atoms with van der Waals surface area (Å²) in [5.74, 6) is 0. The Labute approximate surface area is 191 Å². The molecule has 5 heteroatoms. The lowest BCUT2D eigenvalue weighted by molar-refractivity contribution is -0.0409. The number of thiophene rings is 1. The van der Waals surface area contributed by atoms with Gasteiger partial charge in [-0.2, -0.15) is 0 Å². The Hall–Kier alpha value is -2.63. The summed E-state index contributed by atoms with van der Waals surface area (Å²) in [7, 11) is 1.89. The number of likely N-dealkylation sites (N-methyl/N-ethyl adjacent to an activating group) is 1. The lowest BCUT2D eigenvalue weighted by Crippen LogP contribution is -2.46. The highest BCUT2D eigenvalue weighted by atomic mass is 32.1. The fourth-order valence-corrected chi connectivity index (χ4v) is 6.99. The summed E-state index contributed by atoms with van der Waals surface area (Å²) in [5.41, 5.74) is 5.83. The molecule has 1 atom stereocenters. The molecule has 0 saturated heterocycles. The van der Waals surface area contributed by atoms with Gasteiger partial charge in [0.25, 0.3) is 0 Å². The minimum Gasteiger partial charge on any atom is -0.436 e. The Morgan fingerprint density at radius 2 is 1.66 bits per heavy atom. The minimum atomic E-state index is -0.368.